The van der Waals surface area contributed by atoms with Crippen LogP contribution in [0.15, 0.2) is 279 Å². The number of aromatic nitrogens is 11. The van der Waals surface area contributed by atoms with Crippen LogP contribution in [0.25, 0.3) is 247 Å². The van der Waals surface area contributed by atoms with Crippen LogP contribution in [-0.4, -0.2) is 54.8 Å². The fourth-order valence-corrected chi connectivity index (χ4v) is 26.8. The number of nitrogens with zero attached hydrogens (tertiary/aromatic N) is 9. The molecule has 12 aromatic heterocycles. The van der Waals surface area contributed by atoms with Gasteiger partial charge in [-0.25, -0.2) is 38.1 Å². The summed E-state index contributed by atoms with van der Waals surface area (Å²) in [5.74, 6) is 1.27. The van der Waals surface area contributed by atoms with E-state index in [-0.39, 0.29) is 17.2 Å². The number of imidazole rings is 5. The van der Waals surface area contributed by atoms with Gasteiger partial charge >= 0.3 is 0 Å². The van der Waals surface area contributed by atoms with Crippen molar-refractivity contribution in [2.75, 3.05) is 0 Å². The van der Waals surface area contributed by atoms with E-state index in [1.54, 1.807) is 141 Å². The van der Waals surface area contributed by atoms with Crippen molar-refractivity contribution in [3.05, 3.63) is 334 Å². The van der Waals surface area contributed by atoms with E-state index >= 15 is 0 Å². The first-order valence-corrected chi connectivity index (χ1v) is 49.7. The number of nitrogens with one attached hydrogen (secondary N) is 6. The molecule has 0 bridgehead atoms. The van der Waals surface area contributed by atoms with Gasteiger partial charge in [-0.2, -0.15) is 21.0 Å². The molecule has 136 heavy (non-hydrogen) atoms. The highest BCUT2D eigenvalue weighted by Gasteiger charge is 2.28. The van der Waals surface area contributed by atoms with Crippen LogP contribution in [0, 0.1) is 62.8 Å². The van der Waals surface area contributed by atoms with E-state index < -0.39 is 5.82 Å². The van der Waals surface area contributed by atoms with Crippen LogP contribution in [0.1, 0.15) is 22.3 Å². The molecule has 0 saturated heterocycles. The van der Waals surface area contributed by atoms with Gasteiger partial charge < -0.3 is 29.9 Å². The van der Waals surface area contributed by atoms with Crippen LogP contribution in [0.4, 0.5) is 13.2 Å². The van der Waals surface area contributed by atoms with E-state index in [1.807, 2.05) is 60.7 Å². The van der Waals surface area contributed by atoms with Gasteiger partial charge in [0.05, 0.1) is 170 Å². The second-order valence-electron chi connectivity index (χ2n) is 31.8. The lowest BCUT2D eigenvalue weighted by Crippen LogP contribution is -1.91. The zero-order valence-corrected chi connectivity index (χ0v) is 79.8. The Morgan fingerprint density at radius 1 is 0.265 bits per heavy atom. The number of H-pyrrole nitrogens is 6. The number of hydrogen-bond acceptors (Lipinski definition) is 15. The van der Waals surface area contributed by atoms with Gasteiger partial charge in [0.25, 0.3) is 0 Å². The highest BCUT2D eigenvalue weighted by atomic mass is 79.9. The largest absolute Gasteiger partial charge is 0.353 e. The van der Waals surface area contributed by atoms with Gasteiger partial charge in [-0.05, 0) is 157 Å². The van der Waals surface area contributed by atoms with Gasteiger partial charge in [0.15, 0.2) is 0 Å². The Bertz CT molecular complexity index is 9650. The lowest BCUT2D eigenvalue weighted by molar-refractivity contribution is 0.630. The molecule has 646 valence electrons. The third kappa shape index (κ3) is 13.7. The number of fused-ring (bicyclic) bond motifs is 36. The second kappa shape index (κ2) is 33.7. The zero-order valence-electron chi connectivity index (χ0n) is 69.5. The van der Waals surface area contributed by atoms with Crippen LogP contribution < -0.4 is 0 Å². The van der Waals surface area contributed by atoms with Gasteiger partial charge in [-0.15, -0.1) is 68.0 Å². The van der Waals surface area contributed by atoms with E-state index in [9.17, 15) is 34.2 Å². The van der Waals surface area contributed by atoms with Crippen molar-refractivity contribution >= 4 is 325 Å². The summed E-state index contributed by atoms with van der Waals surface area (Å²) in [6, 6.07) is 91.1. The molecule has 15 nitrogen and oxygen atoms in total. The lowest BCUT2D eigenvalue weighted by Gasteiger charge is -2.02. The number of rotatable bonds is 5. The molecular formula is C107H51Br2Cl3F3N15S6. The maximum Gasteiger partial charge on any atom is 0.143 e. The van der Waals surface area contributed by atoms with Crippen LogP contribution >= 0.6 is 135 Å². The Kier molecular flexibility index (Phi) is 20.9. The fourth-order valence-electron chi connectivity index (χ4n) is 18.6. The maximum atomic E-state index is 14.5. The Balaban J connectivity index is 0.0000000930. The van der Waals surface area contributed by atoms with E-state index in [0.29, 0.717) is 88.7 Å². The van der Waals surface area contributed by atoms with Gasteiger partial charge in [-0.3, -0.25) is 0 Å². The molecule has 0 radical (unpaired) electrons. The molecule has 28 aromatic rings. The molecule has 0 aliphatic rings. The summed E-state index contributed by atoms with van der Waals surface area (Å²) in [6.45, 7) is 0. The summed E-state index contributed by atoms with van der Waals surface area (Å²) >= 11 is 36.1. The Hall–Kier alpha value is -14.7. The summed E-state index contributed by atoms with van der Waals surface area (Å²) in [6.07, 6.45) is 0. The Morgan fingerprint density at radius 3 is 1.14 bits per heavy atom. The first-order valence-electron chi connectivity index (χ1n) is 42.0. The van der Waals surface area contributed by atoms with Gasteiger partial charge in [0.1, 0.15) is 57.6 Å². The minimum Gasteiger partial charge on any atom is -0.353 e. The fraction of sp³-hybridized carbons (Fsp3) is 0. The van der Waals surface area contributed by atoms with E-state index in [4.69, 9.17) is 59.7 Å². The molecule has 0 fully saturated rings. The van der Waals surface area contributed by atoms with Crippen LogP contribution in [0.5, 0.6) is 0 Å². The molecule has 16 aromatic carbocycles. The third-order valence-electron chi connectivity index (χ3n) is 24.4. The quantitative estimate of drug-likeness (QED) is 0.0957. The molecule has 28 rings (SSSR count). The highest BCUT2D eigenvalue weighted by Crippen LogP contribution is 2.51. The number of thiophene rings is 6. The number of halogens is 8. The normalized spacial score (nSPS) is 11.6. The van der Waals surface area contributed by atoms with Crippen molar-refractivity contribution < 1.29 is 13.2 Å². The van der Waals surface area contributed by atoms with Crippen molar-refractivity contribution in [1.82, 2.24) is 54.8 Å². The summed E-state index contributed by atoms with van der Waals surface area (Å²) in [4.78, 5) is 44.3. The smallest absolute Gasteiger partial charge is 0.143 e. The molecule has 0 atom stereocenters. The van der Waals surface area contributed by atoms with Gasteiger partial charge in [-0.1, -0.05) is 193 Å². The standard InChI is InChI=1S/C23H13ClFN3.2C23H12ClFN2S.C19H6Br2N4S2.C19H8N4S2/c24-15-9-5-10-16(25)19(15)23-27-20-13-7-2-1-6-12(13)18-14-8-3-4-11-17(14)26-21(18)22(20)28-23;24-15-9-5-10-16(25)19(15)23-26-20-12-6-1-2-7-13(12)22-18(21(20)27-23)14-8-3-4-11-17(14)28-22;24-15-9-5-10-16(25)19(15)23-26-20-13-7-2-1-6-12(13)18-14-8-3-4-11-17(14)28-22(18)21(20)27-23;20-12-4-10-11-5-13(21)27-18(11)16-15(17(10)26-12)24-19(25-16)14-8(6-22)2-1-3-9(14)7-23;20-8-10-2-1-3-11(9-21)14(10)19-22-15-16(23-19)18-13(5-7-25-18)12-4-6-24-17(12)15/h1-11,26H,(H,27,28);2*1-11H,(H,26,27);1-5H,(H,24,25);1-7H,(H,22,23). The average Bonchev–Trinajstić information content (AvgIpc) is 1.63. The summed E-state index contributed by atoms with van der Waals surface area (Å²) in [7, 11) is 0. The minimum absolute atomic E-state index is 0.286. The summed E-state index contributed by atoms with van der Waals surface area (Å²) < 4.78 is 54.9. The van der Waals surface area contributed by atoms with Crippen molar-refractivity contribution in [2.24, 2.45) is 0 Å². The SMILES string of the molecule is Fc1cccc(Cl)c1-c1nc2c3ccccc3c3c4ccccc4[nH]c3c2[nH]1.Fc1cccc(Cl)c1-c1nc2c3ccccc3c3c4ccccc4sc3c2[nH]1.Fc1cccc(Cl)c1-c1nc2c3ccccc3c3sc4ccccc4c3c2[nH]1.N#Cc1cccc(C#N)c1-c1nc2c([nH]1)c1sc(Br)cc1c1cc(Br)sc12.N#Cc1cccc(C#N)c1-c1nc2c([nH]1)c1sccc1c1ccsc12. The van der Waals surface area contributed by atoms with Crippen molar-refractivity contribution in [3.8, 4) is 81.2 Å². The number of hydrogen-bond donors (Lipinski definition) is 6. The number of benzene rings is 16. The number of nitriles is 4. The molecule has 0 amide bonds. The third-order valence-corrected chi connectivity index (χ3v) is 32.8. The van der Waals surface area contributed by atoms with E-state index in [2.05, 4.69) is 206 Å². The summed E-state index contributed by atoms with van der Waals surface area (Å²) in [5, 5.41) is 61.3. The van der Waals surface area contributed by atoms with Gasteiger partial charge in [0.2, 0.25) is 0 Å². The second-order valence-corrected chi connectivity index (χ2v) is 41.8. The van der Waals surface area contributed by atoms with Crippen LogP contribution in [0.2, 0.25) is 15.1 Å². The topological polar surface area (TPSA) is 254 Å². The molecule has 0 aliphatic carbocycles. The molecule has 0 unspecified atom stereocenters. The monoisotopic (exact) mass is 2060 g/mol. The van der Waals surface area contributed by atoms with Crippen molar-refractivity contribution in [2.45, 2.75) is 0 Å². The molecule has 12 heterocycles. The van der Waals surface area contributed by atoms with Crippen LogP contribution in [0.3, 0.4) is 0 Å². The van der Waals surface area contributed by atoms with Crippen LogP contribution in [-0.2, 0) is 0 Å². The highest BCUT2D eigenvalue weighted by molar-refractivity contribution is 9.11. The Morgan fingerprint density at radius 2 is 0.618 bits per heavy atom. The van der Waals surface area contributed by atoms with Crippen molar-refractivity contribution in [1.29, 1.82) is 21.0 Å². The van der Waals surface area contributed by atoms with E-state index in [1.165, 1.54) is 59.2 Å². The minimum atomic E-state index is -0.399. The Labute approximate surface area is 821 Å². The predicted octanol–water partition coefficient (Wildman–Crippen LogP) is 34.2. The molecule has 0 aliphatic heterocycles. The first kappa shape index (κ1) is 84.3. The molecule has 29 heteroatoms. The number of para-hydroxylation sites is 1. The lowest BCUT2D eigenvalue weighted by atomic mass is 10.0. The predicted molar refractivity (Wildman–Crippen MR) is 566 cm³/mol. The van der Waals surface area contributed by atoms with Gasteiger partial charge in [0, 0.05) is 95.0 Å². The van der Waals surface area contributed by atoms with Crippen molar-refractivity contribution in [3.63, 3.8) is 0 Å². The molecule has 0 saturated carbocycles. The average molecular weight is 2060 g/mol. The molecule has 6 N–H and O–H groups in total. The molecular weight excluding hydrogens is 2010 g/mol. The summed E-state index contributed by atoms with van der Waals surface area (Å²) in [5.41, 5.74) is 14.6. The zero-order chi connectivity index (χ0) is 92.2. The molecule has 0 spiro atoms. The van der Waals surface area contributed by atoms with E-state index in [0.717, 1.165) is 157 Å². The number of aromatic amines is 6. The first-order chi connectivity index (χ1) is 66.6. The maximum absolute atomic E-state index is 14.5.